The second-order valence-corrected chi connectivity index (χ2v) is 5.71. The van der Waals surface area contributed by atoms with Gasteiger partial charge in [0.2, 0.25) is 5.91 Å². The number of ether oxygens (including phenoxy) is 1. The molecule has 1 aromatic carbocycles. The number of benzene rings is 1. The molecule has 3 unspecified atom stereocenters. The van der Waals surface area contributed by atoms with Crippen molar-refractivity contribution in [2.75, 3.05) is 19.0 Å². The van der Waals surface area contributed by atoms with Crippen molar-refractivity contribution in [3.05, 3.63) is 35.9 Å². The van der Waals surface area contributed by atoms with E-state index in [9.17, 15) is 4.79 Å². The van der Waals surface area contributed by atoms with Gasteiger partial charge in [-0.05, 0) is 12.0 Å². The van der Waals surface area contributed by atoms with E-state index in [1.807, 2.05) is 30.3 Å². The van der Waals surface area contributed by atoms with Crippen molar-refractivity contribution in [3.8, 4) is 0 Å². The highest BCUT2D eigenvalue weighted by Gasteiger charge is 2.46. The fourth-order valence-electron chi connectivity index (χ4n) is 2.73. The van der Waals surface area contributed by atoms with E-state index < -0.39 is 0 Å². The van der Waals surface area contributed by atoms with Gasteiger partial charge >= 0.3 is 0 Å². The van der Waals surface area contributed by atoms with Crippen LogP contribution in [0, 0.1) is 5.92 Å². The summed E-state index contributed by atoms with van der Waals surface area (Å²) in [6.07, 6.45) is 1.19. The Kier molecular flexibility index (Phi) is 4.24. The third-order valence-corrected chi connectivity index (χ3v) is 4.27. The molecule has 0 saturated carbocycles. The van der Waals surface area contributed by atoms with Crippen LogP contribution in [0.1, 0.15) is 12.0 Å². The van der Waals surface area contributed by atoms with Crippen molar-refractivity contribution in [2.45, 2.75) is 25.3 Å². The van der Waals surface area contributed by atoms with Gasteiger partial charge in [-0.3, -0.25) is 9.69 Å². The van der Waals surface area contributed by atoms with Gasteiger partial charge in [0.25, 0.3) is 0 Å². The maximum atomic E-state index is 12.2. The number of epoxide rings is 1. The van der Waals surface area contributed by atoms with E-state index in [2.05, 4.69) is 10.2 Å². The van der Waals surface area contributed by atoms with Crippen LogP contribution in [-0.2, 0) is 16.1 Å². The predicted octanol–water partition coefficient (Wildman–Crippen LogP) is 1.59. The summed E-state index contributed by atoms with van der Waals surface area (Å²) in [5.74, 6) is 0.741. The summed E-state index contributed by atoms with van der Waals surface area (Å²) < 4.78 is 5.47. The SMILES string of the molecule is O=C(NCc1ccccc1)C1CCN(C2OC2CCl)C1. The van der Waals surface area contributed by atoms with Crippen molar-refractivity contribution in [1.29, 1.82) is 0 Å². The summed E-state index contributed by atoms with van der Waals surface area (Å²) in [5, 5.41) is 3.01. The van der Waals surface area contributed by atoms with Crippen LogP contribution >= 0.6 is 11.6 Å². The minimum Gasteiger partial charge on any atom is -0.352 e. The molecule has 5 heteroatoms. The standard InChI is InChI=1S/C15H19ClN2O2/c16-8-13-15(20-13)18-7-6-12(10-18)14(19)17-9-11-4-2-1-3-5-11/h1-5,12-13,15H,6-10H2,(H,17,19). The lowest BCUT2D eigenvalue weighted by atomic mass is 10.1. The Hall–Kier alpha value is -1.10. The number of carbonyl (C=O) groups is 1. The number of carbonyl (C=O) groups excluding carboxylic acids is 1. The molecule has 3 rings (SSSR count). The first kappa shape index (κ1) is 13.9. The van der Waals surface area contributed by atoms with Crippen LogP contribution in [0.3, 0.4) is 0 Å². The van der Waals surface area contributed by atoms with Crippen LogP contribution in [0.15, 0.2) is 30.3 Å². The maximum Gasteiger partial charge on any atom is 0.224 e. The minimum absolute atomic E-state index is 0.0684. The first-order valence-electron chi connectivity index (χ1n) is 7.05. The summed E-state index contributed by atoms with van der Waals surface area (Å²) in [6.45, 7) is 2.29. The smallest absolute Gasteiger partial charge is 0.224 e. The lowest BCUT2D eigenvalue weighted by molar-refractivity contribution is -0.124. The van der Waals surface area contributed by atoms with Crippen LogP contribution in [0.2, 0.25) is 0 Å². The Balaban J connectivity index is 1.45. The fourth-order valence-corrected chi connectivity index (χ4v) is 2.95. The summed E-state index contributed by atoms with van der Waals surface area (Å²) in [5.41, 5.74) is 1.13. The molecule has 0 spiro atoms. The molecule has 0 radical (unpaired) electrons. The van der Waals surface area contributed by atoms with Gasteiger partial charge in [0.1, 0.15) is 12.3 Å². The number of halogens is 1. The second kappa shape index (κ2) is 6.12. The Morgan fingerprint density at radius 3 is 2.90 bits per heavy atom. The van der Waals surface area contributed by atoms with Crippen molar-refractivity contribution in [1.82, 2.24) is 10.2 Å². The van der Waals surface area contributed by atoms with E-state index in [0.717, 1.165) is 25.1 Å². The Morgan fingerprint density at radius 1 is 1.40 bits per heavy atom. The zero-order chi connectivity index (χ0) is 13.9. The van der Waals surface area contributed by atoms with Crippen LogP contribution in [-0.4, -0.2) is 42.1 Å². The largest absolute Gasteiger partial charge is 0.352 e. The molecule has 2 fully saturated rings. The highest BCUT2D eigenvalue weighted by molar-refractivity contribution is 6.18. The van der Waals surface area contributed by atoms with Crippen molar-refractivity contribution < 1.29 is 9.53 Å². The van der Waals surface area contributed by atoms with E-state index in [1.54, 1.807) is 0 Å². The molecule has 3 atom stereocenters. The van der Waals surface area contributed by atoms with E-state index in [1.165, 1.54) is 0 Å². The Labute approximate surface area is 124 Å². The quantitative estimate of drug-likeness (QED) is 0.662. The maximum absolute atomic E-state index is 12.2. The van der Waals surface area contributed by atoms with Crippen LogP contribution in [0.5, 0.6) is 0 Å². The molecular formula is C15H19ClN2O2. The highest BCUT2D eigenvalue weighted by atomic mass is 35.5. The van der Waals surface area contributed by atoms with Crippen LogP contribution in [0.4, 0.5) is 0 Å². The minimum atomic E-state index is 0.0684. The molecule has 0 aromatic heterocycles. The van der Waals surface area contributed by atoms with Gasteiger partial charge < -0.3 is 10.1 Å². The lowest BCUT2D eigenvalue weighted by Crippen LogP contribution is -2.33. The second-order valence-electron chi connectivity index (χ2n) is 5.40. The van der Waals surface area contributed by atoms with Gasteiger partial charge in [0, 0.05) is 19.6 Å². The van der Waals surface area contributed by atoms with Gasteiger partial charge in [-0.1, -0.05) is 30.3 Å². The molecule has 2 aliphatic heterocycles. The topological polar surface area (TPSA) is 44.9 Å². The monoisotopic (exact) mass is 294 g/mol. The molecule has 2 aliphatic rings. The third kappa shape index (κ3) is 3.14. The fraction of sp³-hybridized carbons (Fsp3) is 0.533. The number of amides is 1. The lowest BCUT2D eigenvalue weighted by Gasteiger charge is -2.13. The zero-order valence-electron chi connectivity index (χ0n) is 11.3. The average molecular weight is 295 g/mol. The number of hydrogen-bond acceptors (Lipinski definition) is 3. The molecule has 2 heterocycles. The van der Waals surface area contributed by atoms with Crippen molar-refractivity contribution >= 4 is 17.5 Å². The van der Waals surface area contributed by atoms with Gasteiger partial charge in [0.05, 0.1) is 11.8 Å². The van der Waals surface area contributed by atoms with Gasteiger partial charge in [-0.15, -0.1) is 11.6 Å². The summed E-state index contributed by atoms with van der Waals surface area (Å²) in [4.78, 5) is 14.4. The van der Waals surface area contributed by atoms with E-state index in [0.29, 0.717) is 12.4 Å². The number of rotatable bonds is 5. The molecule has 2 saturated heterocycles. The summed E-state index contributed by atoms with van der Waals surface area (Å²) in [6, 6.07) is 9.98. The number of hydrogen-bond donors (Lipinski definition) is 1. The number of nitrogens with one attached hydrogen (secondary N) is 1. The first-order chi connectivity index (χ1) is 9.78. The van der Waals surface area contributed by atoms with Gasteiger partial charge in [-0.25, -0.2) is 0 Å². The average Bonchev–Trinajstić information content (AvgIpc) is 3.13. The molecular weight excluding hydrogens is 276 g/mol. The van der Waals surface area contributed by atoms with Gasteiger partial charge in [0.15, 0.2) is 0 Å². The van der Waals surface area contributed by atoms with E-state index in [-0.39, 0.29) is 24.2 Å². The Bertz CT molecular complexity index is 468. The third-order valence-electron chi connectivity index (χ3n) is 3.97. The predicted molar refractivity (Wildman–Crippen MR) is 77.3 cm³/mol. The van der Waals surface area contributed by atoms with Crippen molar-refractivity contribution in [3.63, 3.8) is 0 Å². The summed E-state index contributed by atoms with van der Waals surface area (Å²) in [7, 11) is 0. The molecule has 20 heavy (non-hydrogen) atoms. The molecule has 1 aromatic rings. The zero-order valence-corrected chi connectivity index (χ0v) is 12.1. The first-order valence-corrected chi connectivity index (χ1v) is 7.58. The Morgan fingerprint density at radius 2 is 2.20 bits per heavy atom. The van der Waals surface area contributed by atoms with Crippen LogP contribution < -0.4 is 5.32 Å². The molecule has 0 aliphatic carbocycles. The number of nitrogens with zero attached hydrogens (tertiary/aromatic N) is 1. The van der Waals surface area contributed by atoms with E-state index in [4.69, 9.17) is 16.3 Å². The molecule has 1 N–H and O–H groups in total. The normalized spacial score (nSPS) is 29.4. The van der Waals surface area contributed by atoms with Crippen LogP contribution in [0.25, 0.3) is 0 Å². The number of likely N-dealkylation sites (tertiary alicyclic amines) is 1. The highest BCUT2D eigenvalue weighted by Crippen LogP contribution is 2.31. The van der Waals surface area contributed by atoms with Crippen molar-refractivity contribution in [2.24, 2.45) is 5.92 Å². The summed E-state index contributed by atoms with van der Waals surface area (Å²) >= 11 is 5.76. The number of alkyl halides is 1. The molecule has 1 amide bonds. The van der Waals surface area contributed by atoms with Gasteiger partial charge in [-0.2, -0.15) is 0 Å². The molecule has 0 bridgehead atoms. The molecule has 4 nitrogen and oxygen atoms in total. The van der Waals surface area contributed by atoms with E-state index >= 15 is 0 Å². The molecule has 108 valence electrons.